The Balaban J connectivity index is 1.70. The highest BCUT2D eigenvalue weighted by Gasteiger charge is 2.27. The minimum atomic E-state index is -4.33. The smallest absolute Gasteiger partial charge is 0.345 e. The van der Waals surface area contributed by atoms with Crippen molar-refractivity contribution in [2.75, 3.05) is 11.9 Å². The number of hydrogen-bond acceptors (Lipinski definition) is 5. The maximum atomic E-state index is 12.3. The Kier molecular flexibility index (Phi) is 3.34. The molecule has 2 N–H and O–H groups in total. The monoisotopic (exact) mass is 347 g/mol. The maximum Gasteiger partial charge on any atom is 0.405 e. The fourth-order valence-electron chi connectivity index (χ4n) is 2.53. The molecule has 4 heterocycles. The molecule has 0 unspecified atom stereocenters. The standard InChI is InChI=1S/C15H12F3N7/c1-8-6-25-12(22-8)3-2-11(24-25)9-4-19-13-10(9)5-20-14(23-13)21-7-15(16,17)18/h2-6H,7H2,1H3,(H2,19,20,21,23). The number of nitrogens with one attached hydrogen (secondary N) is 2. The van der Waals surface area contributed by atoms with E-state index < -0.39 is 12.7 Å². The summed E-state index contributed by atoms with van der Waals surface area (Å²) in [5.41, 5.74) is 3.45. The first-order valence-corrected chi connectivity index (χ1v) is 7.37. The van der Waals surface area contributed by atoms with Gasteiger partial charge in [0.15, 0.2) is 5.65 Å². The molecule has 4 aromatic heterocycles. The summed E-state index contributed by atoms with van der Waals surface area (Å²) in [6.45, 7) is 0.688. The molecule has 7 nitrogen and oxygen atoms in total. The number of aromatic amines is 1. The summed E-state index contributed by atoms with van der Waals surface area (Å²) in [5.74, 6) is -0.0909. The Hall–Kier alpha value is -3.17. The first-order chi connectivity index (χ1) is 11.9. The summed E-state index contributed by atoms with van der Waals surface area (Å²) < 4.78 is 38.5. The van der Waals surface area contributed by atoms with Crippen LogP contribution in [0.5, 0.6) is 0 Å². The second kappa shape index (κ2) is 5.43. The van der Waals surface area contributed by atoms with E-state index in [1.54, 1.807) is 10.7 Å². The number of aromatic nitrogens is 6. The van der Waals surface area contributed by atoms with Crippen LogP contribution in [0.2, 0.25) is 0 Å². The second-order valence-electron chi connectivity index (χ2n) is 5.53. The van der Waals surface area contributed by atoms with Crippen LogP contribution in [0.3, 0.4) is 0 Å². The van der Waals surface area contributed by atoms with Gasteiger partial charge in [-0.1, -0.05) is 0 Å². The highest BCUT2D eigenvalue weighted by molar-refractivity contribution is 5.92. The minimum absolute atomic E-state index is 0.0909. The maximum absolute atomic E-state index is 12.3. The number of imidazole rings is 1. The molecule has 4 aromatic rings. The van der Waals surface area contributed by atoms with Crippen molar-refractivity contribution in [1.29, 1.82) is 0 Å². The zero-order chi connectivity index (χ0) is 17.6. The molecular weight excluding hydrogens is 335 g/mol. The van der Waals surface area contributed by atoms with Gasteiger partial charge >= 0.3 is 6.18 Å². The fourth-order valence-corrected chi connectivity index (χ4v) is 2.53. The first kappa shape index (κ1) is 15.4. The van der Waals surface area contributed by atoms with Crippen LogP contribution in [-0.4, -0.2) is 42.3 Å². The Morgan fingerprint density at radius 2 is 2.08 bits per heavy atom. The van der Waals surface area contributed by atoms with E-state index >= 15 is 0 Å². The number of hydrogen-bond donors (Lipinski definition) is 2. The molecule has 0 aliphatic heterocycles. The van der Waals surface area contributed by atoms with Gasteiger partial charge in [0.25, 0.3) is 0 Å². The van der Waals surface area contributed by atoms with Gasteiger partial charge in [-0.3, -0.25) is 0 Å². The molecule has 0 saturated heterocycles. The topological polar surface area (TPSA) is 83.8 Å². The summed E-state index contributed by atoms with van der Waals surface area (Å²) in [5, 5.41) is 7.32. The van der Waals surface area contributed by atoms with Crippen LogP contribution in [0.25, 0.3) is 27.9 Å². The van der Waals surface area contributed by atoms with E-state index in [9.17, 15) is 13.2 Å². The lowest BCUT2D eigenvalue weighted by Crippen LogP contribution is -2.22. The van der Waals surface area contributed by atoms with Crippen LogP contribution < -0.4 is 5.32 Å². The summed E-state index contributed by atoms with van der Waals surface area (Å²) in [7, 11) is 0. The number of H-pyrrole nitrogens is 1. The molecule has 0 saturated carbocycles. The number of anilines is 1. The molecule has 0 aliphatic carbocycles. The minimum Gasteiger partial charge on any atom is -0.345 e. The van der Waals surface area contributed by atoms with Crippen LogP contribution >= 0.6 is 0 Å². The number of alkyl halides is 3. The molecule has 0 amide bonds. The van der Waals surface area contributed by atoms with Crippen LogP contribution in [0.15, 0.2) is 30.7 Å². The van der Waals surface area contributed by atoms with E-state index in [4.69, 9.17) is 0 Å². The van der Waals surface area contributed by atoms with Crippen molar-refractivity contribution in [3.63, 3.8) is 0 Å². The average Bonchev–Trinajstić information content (AvgIpc) is 3.13. The van der Waals surface area contributed by atoms with Gasteiger partial charge in [-0.05, 0) is 19.1 Å². The average molecular weight is 347 g/mol. The number of aryl methyl sites for hydroxylation is 1. The number of fused-ring (bicyclic) bond motifs is 2. The number of halogens is 3. The molecule has 0 radical (unpaired) electrons. The van der Waals surface area contributed by atoms with Gasteiger partial charge in [-0.25, -0.2) is 14.5 Å². The Labute approximate surface area is 138 Å². The van der Waals surface area contributed by atoms with Crippen LogP contribution in [-0.2, 0) is 0 Å². The lowest BCUT2D eigenvalue weighted by Gasteiger charge is -2.07. The predicted octanol–water partition coefficient (Wildman–Crippen LogP) is 2.95. The quantitative estimate of drug-likeness (QED) is 0.595. The molecule has 128 valence electrons. The van der Waals surface area contributed by atoms with Crippen molar-refractivity contribution in [3.8, 4) is 11.3 Å². The Morgan fingerprint density at radius 3 is 2.88 bits per heavy atom. The molecule has 0 atom stereocenters. The fraction of sp³-hybridized carbons (Fsp3) is 0.200. The van der Waals surface area contributed by atoms with Gasteiger partial charge in [0, 0.05) is 23.3 Å². The van der Waals surface area contributed by atoms with Crippen molar-refractivity contribution in [1.82, 2.24) is 29.5 Å². The first-order valence-electron chi connectivity index (χ1n) is 7.37. The van der Waals surface area contributed by atoms with Crippen molar-refractivity contribution in [2.24, 2.45) is 0 Å². The highest BCUT2D eigenvalue weighted by atomic mass is 19.4. The van der Waals surface area contributed by atoms with Crippen molar-refractivity contribution in [3.05, 3.63) is 36.4 Å². The van der Waals surface area contributed by atoms with Gasteiger partial charge in [-0.15, -0.1) is 0 Å². The zero-order valence-corrected chi connectivity index (χ0v) is 13.0. The highest BCUT2D eigenvalue weighted by Crippen LogP contribution is 2.26. The number of rotatable bonds is 3. The van der Waals surface area contributed by atoms with E-state index in [1.807, 2.05) is 25.3 Å². The van der Waals surface area contributed by atoms with E-state index in [1.165, 1.54) is 6.20 Å². The molecule has 0 bridgehead atoms. The third-order valence-electron chi connectivity index (χ3n) is 3.60. The van der Waals surface area contributed by atoms with Gasteiger partial charge in [0.05, 0.1) is 17.6 Å². The number of nitrogens with zero attached hydrogens (tertiary/aromatic N) is 5. The summed E-state index contributed by atoms with van der Waals surface area (Å²) in [4.78, 5) is 15.3. The van der Waals surface area contributed by atoms with Gasteiger partial charge in [0.2, 0.25) is 5.95 Å². The van der Waals surface area contributed by atoms with Gasteiger partial charge < -0.3 is 10.3 Å². The SMILES string of the molecule is Cc1cn2nc(-c3c[nH]c4nc(NCC(F)(F)F)ncc34)ccc2n1. The molecular formula is C15H12F3N7. The van der Waals surface area contributed by atoms with Gasteiger partial charge in [-0.2, -0.15) is 23.3 Å². The van der Waals surface area contributed by atoms with E-state index in [-0.39, 0.29) is 5.95 Å². The summed E-state index contributed by atoms with van der Waals surface area (Å²) in [6, 6.07) is 3.66. The van der Waals surface area contributed by atoms with Crippen molar-refractivity contribution < 1.29 is 13.2 Å². The summed E-state index contributed by atoms with van der Waals surface area (Å²) >= 11 is 0. The molecule has 0 aliphatic rings. The van der Waals surface area contributed by atoms with Crippen molar-refractivity contribution >= 4 is 22.6 Å². The van der Waals surface area contributed by atoms with Crippen LogP contribution in [0.4, 0.5) is 19.1 Å². The van der Waals surface area contributed by atoms with Crippen molar-refractivity contribution in [2.45, 2.75) is 13.1 Å². The molecule has 0 fully saturated rings. The lowest BCUT2D eigenvalue weighted by atomic mass is 10.2. The Bertz CT molecular complexity index is 1060. The van der Waals surface area contributed by atoms with Gasteiger partial charge in [0.1, 0.15) is 12.2 Å². The molecule has 4 rings (SSSR count). The normalized spacial score (nSPS) is 12.2. The van der Waals surface area contributed by atoms with E-state index in [0.717, 1.165) is 16.9 Å². The molecule has 0 spiro atoms. The molecule has 25 heavy (non-hydrogen) atoms. The van der Waals surface area contributed by atoms with E-state index in [0.29, 0.717) is 16.7 Å². The van der Waals surface area contributed by atoms with Crippen LogP contribution in [0, 0.1) is 6.92 Å². The summed E-state index contributed by atoms with van der Waals surface area (Å²) in [6.07, 6.45) is 0.646. The molecule has 10 heteroatoms. The second-order valence-corrected chi connectivity index (χ2v) is 5.53. The third kappa shape index (κ3) is 2.97. The third-order valence-corrected chi connectivity index (χ3v) is 3.60. The van der Waals surface area contributed by atoms with E-state index in [2.05, 4.69) is 30.4 Å². The molecule has 0 aromatic carbocycles. The van der Waals surface area contributed by atoms with Crippen LogP contribution in [0.1, 0.15) is 5.69 Å². The zero-order valence-electron chi connectivity index (χ0n) is 13.0. The predicted molar refractivity (Wildman–Crippen MR) is 85.2 cm³/mol. The Morgan fingerprint density at radius 1 is 1.24 bits per heavy atom. The largest absolute Gasteiger partial charge is 0.405 e. The lowest BCUT2D eigenvalue weighted by molar-refractivity contribution is -0.115.